The van der Waals surface area contributed by atoms with E-state index in [-0.39, 0.29) is 12.0 Å². The summed E-state index contributed by atoms with van der Waals surface area (Å²) in [6.07, 6.45) is -3.66. The standard InChI is InChI=1S/C21H20F4N2O4/c1-30-13-5-2-11-3-6-14-19(15(11)9-13)26-27(18(29)10-28)20(14)12-4-7-17(16(22)8-12)31-21(23,24)25/h2,4-5,7-9,14,19-20,26,28H,3,6,10H2,1H3/t14-,19?,20-/m1/s1. The molecule has 3 atom stereocenters. The number of methoxy groups -OCH3 is 1. The summed E-state index contributed by atoms with van der Waals surface area (Å²) in [6, 6.07) is 7.80. The highest BCUT2D eigenvalue weighted by atomic mass is 19.4. The number of hydrogen-bond acceptors (Lipinski definition) is 5. The number of carbonyl (C=O) groups excluding carboxylic acids is 1. The molecule has 31 heavy (non-hydrogen) atoms. The van der Waals surface area contributed by atoms with E-state index >= 15 is 0 Å². The lowest BCUT2D eigenvalue weighted by Crippen LogP contribution is -2.41. The van der Waals surface area contributed by atoms with Crippen molar-refractivity contribution in [3.05, 3.63) is 58.9 Å². The van der Waals surface area contributed by atoms with Crippen molar-refractivity contribution in [2.24, 2.45) is 5.92 Å². The molecule has 1 amide bonds. The molecule has 2 aliphatic rings. The van der Waals surface area contributed by atoms with Crippen molar-refractivity contribution in [1.82, 2.24) is 10.4 Å². The summed E-state index contributed by atoms with van der Waals surface area (Å²) < 4.78 is 60.8. The van der Waals surface area contributed by atoms with E-state index in [1.54, 1.807) is 7.11 Å². The molecule has 1 aliphatic carbocycles. The van der Waals surface area contributed by atoms with Crippen molar-refractivity contribution in [3.63, 3.8) is 0 Å². The van der Waals surface area contributed by atoms with Crippen LogP contribution in [0.3, 0.4) is 0 Å². The summed E-state index contributed by atoms with van der Waals surface area (Å²) in [6.45, 7) is -0.772. The number of nitrogens with zero attached hydrogens (tertiary/aromatic N) is 1. The van der Waals surface area contributed by atoms with Gasteiger partial charge in [0.15, 0.2) is 11.6 Å². The number of aryl methyl sites for hydroxylation is 1. The minimum atomic E-state index is -5.02. The molecular formula is C21H20F4N2O4. The number of benzene rings is 2. The molecule has 0 radical (unpaired) electrons. The van der Waals surface area contributed by atoms with E-state index in [0.717, 1.165) is 23.3 Å². The lowest BCUT2D eigenvalue weighted by molar-refractivity contribution is -0.275. The number of fused-ring (bicyclic) bond motifs is 3. The van der Waals surface area contributed by atoms with Crippen LogP contribution in [-0.2, 0) is 11.2 Å². The fraction of sp³-hybridized carbons (Fsp3) is 0.381. The van der Waals surface area contributed by atoms with Gasteiger partial charge in [0, 0.05) is 5.92 Å². The van der Waals surface area contributed by atoms with E-state index in [4.69, 9.17) is 4.74 Å². The van der Waals surface area contributed by atoms with E-state index in [2.05, 4.69) is 10.2 Å². The minimum Gasteiger partial charge on any atom is -0.497 e. The normalized spacial score (nSPS) is 22.6. The second-order valence-electron chi connectivity index (χ2n) is 7.48. The van der Waals surface area contributed by atoms with Crippen LogP contribution < -0.4 is 14.9 Å². The zero-order valence-corrected chi connectivity index (χ0v) is 16.4. The largest absolute Gasteiger partial charge is 0.573 e. The minimum absolute atomic E-state index is 0.191. The van der Waals surface area contributed by atoms with Gasteiger partial charge in [-0.1, -0.05) is 12.1 Å². The number of hydrogen-bond donors (Lipinski definition) is 2. The number of aliphatic hydroxyl groups excluding tert-OH is 1. The Morgan fingerprint density at radius 3 is 2.68 bits per heavy atom. The molecule has 6 nitrogen and oxygen atoms in total. The predicted molar refractivity (Wildman–Crippen MR) is 100 cm³/mol. The Hall–Kier alpha value is -2.85. The van der Waals surface area contributed by atoms with Gasteiger partial charge in [0.2, 0.25) is 0 Å². The molecule has 2 N–H and O–H groups in total. The van der Waals surface area contributed by atoms with Crippen LogP contribution in [0.1, 0.15) is 35.2 Å². The van der Waals surface area contributed by atoms with Gasteiger partial charge in [0.25, 0.3) is 5.91 Å². The lowest BCUT2D eigenvalue weighted by atomic mass is 9.76. The summed E-state index contributed by atoms with van der Waals surface area (Å²) in [5.74, 6) is -2.31. The Morgan fingerprint density at radius 1 is 1.26 bits per heavy atom. The number of ether oxygens (including phenoxy) is 2. The molecule has 1 heterocycles. The molecule has 2 aromatic carbocycles. The number of halogens is 4. The third kappa shape index (κ3) is 4.05. The van der Waals surface area contributed by atoms with E-state index < -0.39 is 36.5 Å². The van der Waals surface area contributed by atoms with Gasteiger partial charge in [-0.25, -0.2) is 9.82 Å². The molecule has 1 unspecified atom stereocenters. The molecule has 0 aromatic heterocycles. The van der Waals surface area contributed by atoms with Crippen LogP contribution in [0.5, 0.6) is 11.5 Å². The Morgan fingerprint density at radius 2 is 2.03 bits per heavy atom. The number of carbonyl (C=O) groups is 1. The third-order valence-electron chi connectivity index (χ3n) is 5.75. The molecule has 1 fully saturated rings. The average Bonchev–Trinajstić information content (AvgIpc) is 3.13. The van der Waals surface area contributed by atoms with Crippen molar-refractivity contribution in [3.8, 4) is 11.5 Å². The molecule has 1 saturated heterocycles. The number of rotatable bonds is 4. The highest BCUT2D eigenvalue weighted by molar-refractivity contribution is 5.77. The number of amides is 1. The van der Waals surface area contributed by atoms with E-state index in [1.807, 2.05) is 18.2 Å². The quantitative estimate of drug-likeness (QED) is 0.714. The highest BCUT2D eigenvalue weighted by Gasteiger charge is 2.47. The molecule has 0 saturated carbocycles. The Bertz CT molecular complexity index is 998. The maximum absolute atomic E-state index is 14.4. The second kappa shape index (κ2) is 8.01. The summed E-state index contributed by atoms with van der Waals surface area (Å²) in [4.78, 5) is 12.4. The van der Waals surface area contributed by atoms with Gasteiger partial charge in [-0.05, 0) is 53.8 Å². The van der Waals surface area contributed by atoms with Crippen LogP contribution in [0, 0.1) is 11.7 Å². The van der Waals surface area contributed by atoms with E-state index in [1.165, 1.54) is 11.1 Å². The molecule has 4 rings (SSSR count). The third-order valence-corrected chi connectivity index (χ3v) is 5.75. The van der Waals surface area contributed by atoms with Crippen molar-refractivity contribution >= 4 is 5.91 Å². The number of alkyl halides is 3. The smallest absolute Gasteiger partial charge is 0.497 e. The van der Waals surface area contributed by atoms with Crippen LogP contribution in [0.25, 0.3) is 0 Å². The first-order valence-corrected chi connectivity index (χ1v) is 9.63. The first-order chi connectivity index (χ1) is 14.7. The van der Waals surface area contributed by atoms with E-state index in [9.17, 15) is 27.5 Å². The van der Waals surface area contributed by atoms with Crippen molar-refractivity contribution in [2.45, 2.75) is 31.3 Å². The summed E-state index contributed by atoms with van der Waals surface area (Å²) in [5.41, 5.74) is 5.41. The van der Waals surface area contributed by atoms with Crippen LogP contribution in [0.2, 0.25) is 0 Å². The van der Waals surface area contributed by atoms with Crippen LogP contribution in [0.4, 0.5) is 17.6 Å². The van der Waals surface area contributed by atoms with Crippen LogP contribution in [-0.4, -0.2) is 36.1 Å². The Balaban J connectivity index is 1.72. The lowest BCUT2D eigenvalue weighted by Gasteiger charge is -2.30. The number of hydrazine groups is 1. The van der Waals surface area contributed by atoms with Crippen molar-refractivity contribution in [1.29, 1.82) is 0 Å². The number of aliphatic hydroxyl groups is 1. The summed E-state index contributed by atoms with van der Waals surface area (Å²) in [5, 5.41) is 10.7. The molecule has 10 heteroatoms. The van der Waals surface area contributed by atoms with Gasteiger partial charge in [-0.3, -0.25) is 9.80 Å². The van der Waals surface area contributed by atoms with Gasteiger partial charge in [0.1, 0.15) is 12.4 Å². The monoisotopic (exact) mass is 440 g/mol. The molecule has 0 bridgehead atoms. The predicted octanol–water partition coefficient (Wildman–Crippen LogP) is 3.42. The first-order valence-electron chi connectivity index (χ1n) is 9.63. The Labute approximate surface area is 175 Å². The zero-order chi connectivity index (χ0) is 22.3. The van der Waals surface area contributed by atoms with Gasteiger partial charge in [0.05, 0.1) is 19.2 Å². The van der Waals surface area contributed by atoms with E-state index in [0.29, 0.717) is 24.2 Å². The highest BCUT2D eigenvalue weighted by Crippen LogP contribution is 2.49. The zero-order valence-electron chi connectivity index (χ0n) is 16.4. The van der Waals surface area contributed by atoms with Crippen LogP contribution >= 0.6 is 0 Å². The van der Waals surface area contributed by atoms with Gasteiger partial charge >= 0.3 is 6.36 Å². The average molecular weight is 440 g/mol. The molecule has 166 valence electrons. The molecule has 0 spiro atoms. The maximum Gasteiger partial charge on any atom is 0.573 e. The second-order valence-corrected chi connectivity index (χ2v) is 7.48. The van der Waals surface area contributed by atoms with Gasteiger partial charge < -0.3 is 14.6 Å². The fourth-order valence-electron chi connectivity index (χ4n) is 4.47. The Kier molecular flexibility index (Phi) is 5.52. The number of nitrogens with one attached hydrogen (secondary N) is 1. The van der Waals surface area contributed by atoms with Crippen molar-refractivity contribution in [2.75, 3.05) is 13.7 Å². The summed E-state index contributed by atoms with van der Waals surface area (Å²) >= 11 is 0. The van der Waals surface area contributed by atoms with Gasteiger partial charge in [-0.2, -0.15) is 0 Å². The topological polar surface area (TPSA) is 71.0 Å². The molecule has 1 aliphatic heterocycles. The summed E-state index contributed by atoms with van der Waals surface area (Å²) in [7, 11) is 1.54. The van der Waals surface area contributed by atoms with Crippen LogP contribution in [0.15, 0.2) is 36.4 Å². The fourth-order valence-corrected chi connectivity index (χ4v) is 4.47. The SMILES string of the molecule is COc1ccc2c(c1)C1NN(C(=O)CO)[C@H](c3ccc(OC(F)(F)F)c(F)c3)[C@@H]1CC2. The van der Waals surface area contributed by atoms with Gasteiger partial charge in [-0.15, -0.1) is 13.2 Å². The molecular weight excluding hydrogens is 420 g/mol. The molecule has 2 aromatic rings. The van der Waals surface area contributed by atoms with Crippen molar-refractivity contribution < 1.29 is 36.9 Å². The first kappa shape index (κ1) is 21.4. The maximum atomic E-state index is 14.4.